The molecule has 1 nitrogen and oxygen atoms in total. The zero-order valence-electron chi connectivity index (χ0n) is 6.76. The van der Waals surface area contributed by atoms with E-state index in [2.05, 4.69) is 0 Å². The third kappa shape index (κ3) is 2.49. The van der Waals surface area contributed by atoms with Crippen LogP contribution in [0.2, 0.25) is 0 Å². The maximum Gasteiger partial charge on any atom is 0.242 e. The fraction of sp³-hybridized carbons (Fsp3) is 0.333. The van der Waals surface area contributed by atoms with Crippen molar-refractivity contribution in [2.24, 2.45) is 0 Å². The van der Waals surface area contributed by atoms with Gasteiger partial charge in [-0.3, -0.25) is 0 Å². The quantitative estimate of drug-likeness (QED) is 0.680. The summed E-state index contributed by atoms with van der Waals surface area (Å²) < 4.78 is 28.7. The van der Waals surface area contributed by atoms with Gasteiger partial charge in [0.1, 0.15) is 5.75 Å². The summed E-state index contributed by atoms with van der Waals surface area (Å²) >= 11 is 0. The number of methoxy groups -OCH3 is 1. The van der Waals surface area contributed by atoms with Crippen LogP contribution in [0.4, 0.5) is 8.78 Å². The topological polar surface area (TPSA) is 9.23 Å². The Morgan fingerprint density at radius 1 is 1.42 bits per heavy atom. The SMILES string of the molecule is COc1cccc(CC(F)F)c1. The van der Waals surface area contributed by atoms with Gasteiger partial charge in [-0.2, -0.15) is 0 Å². The van der Waals surface area contributed by atoms with Crippen LogP contribution in [0.15, 0.2) is 24.3 Å². The molecule has 0 atom stereocenters. The Morgan fingerprint density at radius 3 is 2.75 bits per heavy atom. The van der Waals surface area contributed by atoms with Crippen LogP contribution >= 0.6 is 0 Å². The molecule has 0 unspecified atom stereocenters. The zero-order chi connectivity index (χ0) is 8.97. The summed E-state index contributed by atoms with van der Waals surface area (Å²) in [5.41, 5.74) is 0.601. The summed E-state index contributed by atoms with van der Waals surface area (Å²) in [6, 6.07) is 6.71. The Morgan fingerprint density at radius 2 is 2.17 bits per heavy atom. The Kier molecular flexibility index (Phi) is 3.02. The van der Waals surface area contributed by atoms with Gasteiger partial charge in [0.05, 0.1) is 7.11 Å². The smallest absolute Gasteiger partial charge is 0.242 e. The van der Waals surface area contributed by atoms with Crippen LogP contribution in [0.3, 0.4) is 0 Å². The summed E-state index contributed by atoms with van der Waals surface area (Å²) in [5, 5.41) is 0. The van der Waals surface area contributed by atoms with Crippen LogP contribution < -0.4 is 4.74 Å². The average molecular weight is 172 g/mol. The maximum absolute atomic E-state index is 11.9. The molecule has 1 aromatic carbocycles. The lowest BCUT2D eigenvalue weighted by molar-refractivity contribution is 0.149. The molecular weight excluding hydrogens is 162 g/mol. The standard InChI is InChI=1S/C9H10F2O/c1-12-8-4-2-3-7(5-8)6-9(10)11/h2-5,9H,6H2,1H3. The Hall–Kier alpha value is -1.12. The van der Waals surface area contributed by atoms with E-state index < -0.39 is 6.43 Å². The van der Waals surface area contributed by atoms with Gasteiger partial charge in [-0.1, -0.05) is 12.1 Å². The van der Waals surface area contributed by atoms with Crippen molar-refractivity contribution in [3.05, 3.63) is 29.8 Å². The summed E-state index contributed by atoms with van der Waals surface area (Å²) in [4.78, 5) is 0. The number of rotatable bonds is 3. The molecule has 0 N–H and O–H groups in total. The number of halogens is 2. The Bertz CT molecular complexity index is 248. The van der Waals surface area contributed by atoms with Gasteiger partial charge in [0, 0.05) is 6.42 Å². The lowest BCUT2D eigenvalue weighted by atomic mass is 10.1. The van der Waals surface area contributed by atoms with E-state index in [0.717, 1.165) is 0 Å². The molecule has 0 aliphatic carbocycles. The molecule has 0 bridgehead atoms. The van der Waals surface area contributed by atoms with Gasteiger partial charge in [-0.25, -0.2) is 8.78 Å². The molecule has 0 fully saturated rings. The summed E-state index contributed by atoms with van der Waals surface area (Å²) in [7, 11) is 1.52. The van der Waals surface area contributed by atoms with E-state index in [1.807, 2.05) is 0 Å². The highest BCUT2D eigenvalue weighted by Crippen LogP contribution is 2.14. The minimum atomic E-state index is -2.29. The van der Waals surface area contributed by atoms with Gasteiger partial charge in [-0.15, -0.1) is 0 Å². The van der Waals surface area contributed by atoms with E-state index in [4.69, 9.17) is 4.74 Å². The van der Waals surface area contributed by atoms with Gasteiger partial charge in [-0.05, 0) is 17.7 Å². The maximum atomic E-state index is 11.9. The first-order valence-electron chi connectivity index (χ1n) is 3.63. The number of ether oxygens (including phenoxy) is 1. The van der Waals surface area contributed by atoms with Crippen LogP contribution in [0.5, 0.6) is 5.75 Å². The largest absolute Gasteiger partial charge is 0.497 e. The van der Waals surface area contributed by atoms with Crippen LogP contribution in [0.1, 0.15) is 5.56 Å². The van der Waals surface area contributed by atoms with Crippen molar-refractivity contribution in [3.8, 4) is 5.75 Å². The monoisotopic (exact) mass is 172 g/mol. The molecule has 1 rings (SSSR count). The minimum Gasteiger partial charge on any atom is -0.497 e. The molecule has 0 spiro atoms. The van der Waals surface area contributed by atoms with E-state index in [9.17, 15) is 8.78 Å². The highest BCUT2D eigenvalue weighted by atomic mass is 19.3. The van der Waals surface area contributed by atoms with Crippen LogP contribution in [0, 0.1) is 0 Å². The van der Waals surface area contributed by atoms with E-state index in [0.29, 0.717) is 11.3 Å². The predicted octanol–water partition coefficient (Wildman–Crippen LogP) is 2.50. The number of hydrogen-bond acceptors (Lipinski definition) is 1. The molecule has 3 heteroatoms. The minimum absolute atomic E-state index is 0.211. The second kappa shape index (κ2) is 4.04. The lowest BCUT2D eigenvalue weighted by Crippen LogP contribution is -1.96. The second-order valence-corrected chi connectivity index (χ2v) is 2.45. The molecular formula is C9H10F2O. The van der Waals surface area contributed by atoms with Crippen LogP contribution in [-0.4, -0.2) is 13.5 Å². The normalized spacial score (nSPS) is 10.3. The van der Waals surface area contributed by atoms with Crippen molar-refractivity contribution in [2.45, 2.75) is 12.8 Å². The van der Waals surface area contributed by atoms with E-state index in [-0.39, 0.29) is 6.42 Å². The fourth-order valence-corrected chi connectivity index (χ4v) is 0.978. The summed E-state index contributed by atoms with van der Waals surface area (Å²) in [6.45, 7) is 0. The van der Waals surface area contributed by atoms with Gasteiger partial charge >= 0.3 is 0 Å². The Balaban J connectivity index is 2.72. The Labute approximate surface area is 70.0 Å². The summed E-state index contributed by atoms with van der Waals surface area (Å²) in [6.07, 6.45) is -2.51. The van der Waals surface area contributed by atoms with Crippen LogP contribution in [0.25, 0.3) is 0 Å². The lowest BCUT2D eigenvalue weighted by Gasteiger charge is -2.02. The van der Waals surface area contributed by atoms with Gasteiger partial charge in [0.2, 0.25) is 6.43 Å². The first kappa shape index (κ1) is 8.97. The van der Waals surface area contributed by atoms with E-state index in [1.165, 1.54) is 7.11 Å². The molecule has 0 saturated heterocycles. The average Bonchev–Trinajstić information content (AvgIpc) is 2.03. The molecule has 0 amide bonds. The van der Waals surface area contributed by atoms with Gasteiger partial charge in [0.15, 0.2) is 0 Å². The fourth-order valence-electron chi connectivity index (χ4n) is 0.978. The first-order chi connectivity index (χ1) is 5.72. The van der Waals surface area contributed by atoms with Crippen molar-refractivity contribution >= 4 is 0 Å². The molecule has 0 saturated carbocycles. The third-order valence-electron chi connectivity index (χ3n) is 1.52. The van der Waals surface area contributed by atoms with Crippen molar-refractivity contribution in [1.82, 2.24) is 0 Å². The molecule has 0 heterocycles. The molecule has 0 aromatic heterocycles. The molecule has 66 valence electrons. The first-order valence-corrected chi connectivity index (χ1v) is 3.63. The van der Waals surface area contributed by atoms with Crippen molar-refractivity contribution in [3.63, 3.8) is 0 Å². The molecule has 12 heavy (non-hydrogen) atoms. The zero-order valence-corrected chi connectivity index (χ0v) is 6.76. The van der Waals surface area contributed by atoms with Crippen molar-refractivity contribution in [1.29, 1.82) is 0 Å². The number of hydrogen-bond donors (Lipinski definition) is 0. The highest BCUT2D eigenvalue weighted by Gasteiger charge is 2.04. The highest BCUT2D eigenvalue weighted by molar-refractivity contribution is 5.28. The third-order valence-corrected chi connectivity index (χ3v) is 1.52. The summed E-state index contributed by atoms with van der Waals surface area (Å²) in [5.74, 6) is 0.619. The second-order valence-electron chi connectivity index (χ2n) is 2.45. The van der Waals surface area contributed by atoms with E-state index >= 15 is 0 Å². The predicted molar refractivity (Wildman–Crippen MR) is 42.7 cm³/mol. The van der Waals surface area contributed by atoms with Crippen LogP contribution in [-0.2, 0) is 6.42 Å². The number of alkyl halides is 2. The van der Waals surface area contributed by atoms with E-state index in [1.54, 1.807) is 24.3 Å². The molecule has 1 aromatic rings. The molecule has 0 aliphatic heterocycles. The van der Waals surface area contributed by atoms with Crippen molar-refractivity contribution < 1.29 is 13.5 Å². The van der Waals surface area contributed by atoms with Crippen molar-refractivity contribution in [2.75, 3.05) is 7.11 Å². The number of benzene rings is 1. The van der Waals surface area contributed by atoms with Gasteiger partial charge in [0.25, 0.3) is 0 Å². The molecule has 0 radical (unpaired) electrons. The van der Waals surface area contributed by atoms with Gasteiger partial charge < -0.3 is 4.74 Å². The molecule has 0 aliphatic rings.